The van der Waals surface area contributed by atoms with Crippen molar-refractivity contribution in [2.24, 2.45) is 0 Å². The number of hydrogen-bond donors (Lipinski definition) is 1. The molecule has 0 atom stereocenters. The summed E-state index contributed by atoms with van der Waals surface area (Å²) >= 11 is 5.85. The van der Waals surface area contributed by atoms with Gasteiger partial charge in [-0.1, -0.05) is 30.2 Å². The van der Waals surface area contributed by atoms with Crippen LogP contribution in [0.15, 0.2) is 53.4 Å². The molecule has 29 heavy (non-hydrogen) atoms. The number of esters is 1. The fourth-order valence-corrected chi connectivity index (χ4v) is 4.77. The van der Waals surface area contributed by atoms with E-state index in [-0.39, 0.29) is 10.5 Å². The van der Waals surface area contributed by atoms with Crippen molar-refractivity contribution < 1.29 is 22.7 Å². The maximum Gasteiger partial charge on any atom is 0.338 e. The topological polar surface area (TPSA) is 92.8 Å². The molecule has 1 N–H and O–H groups in total. The second-order valence-electron chi connectivity index (χ2n) is 6.63. The summed E-state index contributed by atoms with van der Waals surface area (Å²) < 4.78 is 32.0. The summed E-state index contributed by atoms with van der Waals surface area (Å²) in [5.41, 5.74) is 0.548. The Morgan fingerprint density at radius 1 is 1.03 bits per heavy atom. The number of benzene rings is 2. The minimum Gasteiger partial charge on any atom is -0.452 e. The number of ether oxygens (including phenoxy) is 1. The molecule has 3 rings (SSSR count). The second-order valence-corrected chi connectivity index (χ2v) is 9.00. The van der Waals surface area contributed by atoms with E-state index < -0.39 is 28.5 Å². The van der Waals surface area contributed by atoms with Crippen LogP contribution in [0, 0.1) is 0 Å². The van der Waals surface area contributed by atoms with Gasteiger partial charge in [0.15, 0.2) is 6.61 Å². The molecule has 0 aliphatic carbocycles. The molecule has 0 bridgehead atoms. The predicted molar refractivity (Wildman–Crippen MR) is 109 cm³/mol. The fraction of sp³-hybridized carbons (Fsp3) is 0.300. The van der Waals surface area contributed by atoms with Crippen LogP contribution >= 0.6 is 11.6 Å². The molecule has 2 aromatic rings. The third kappa shape index (κ3) is 5.56. The number of piperidine rings is 1. The molecule has 1 fully saturated rings. The SMILES string of the molecule is O=C(COC(=O)c1cccc(S(=O)(=O)N2CCCCC2)c1)Nc1cccc(Cl)c1. The van der Waals surface area contributed by atoms with Gasteiger partial charge in [0, 0.05) is 23.8 Å². The Labute approximate surface area is 174 Å². The number of nitrogens with one attached hydrogen (secondary N) is 1. The Bertz CT molecular complexity index is 1000. The third-order valence-electron chi connectivity index (χ3n) is 4.47. The molecule has 9 heteroatoms. The van der Waals surface area contributed by atoms with E-state index in [0.29, 0.717) is 23.8 Å². The first kappa shape index (κ1) is 21.3. The number of amides is 1. The van der Waals surface area contributed by atoms with Crippen molar-refractivity contribution in [3.8, 4) is 0 Å². The monoisotopic (exact) mass is 436 g/mol. The molecule has 0 spiro atoms. The molecule has 0 unspecified atom stereocenters. The van der Waals surface area contributed by atoms with E-state index in [0.717, 1.165) is 19.3 Å². The van der Waals surface area contributed by atoms with Crippen molar-refractivity contribution in [1.29, 1.82) is 0 Å². The summed E-state index contributed by atoms with van der Waals surface area (Å²) in [5.74, 6) is -1.31. The predicted octanol–water partition coefficient (Wildman–Crippen LogP) is 3.31. The first-order valence-corrected chi connectivity index (χ1v) is 11.0. The Balaban J connectivity index is 1.62. The average molecular weight is 437 g/mol. The van der Waals surface area contributed by atoms with Gasteiger partial charge < -0.3 is 10.1 Å². The van der Waals surface area contributed by atoms with E-state index in [1.165, 1.54) is 28.6 Å². The average Bonchev–Trinajstić information content (AvgIpc) is 2.73. The molecule has 0 aromatic heterocycles. The van der Waals surface area contributed by atoms with Crippen LogP contribution in [-0.2, 0) is 19.6 Å². The van der Waals surface area contributed by atoms with Crippen molar-refractivity contribution >= 4 is 39.2 Å². The number of anilines is 1. The van der Waals surface area contributed by atoms with Crippen molar-refractivity contribution in [3.63, 3.8) is 0 Å². The van der Waals surface area contributed by atoms with Gasteiger partial charge in [-0.2, -0.15) is 4.31 Å². The zero-order chi connectivity index (χ0) is 20.9. The molecule has 7 nitrogen and oxygen atoms in total. The minimum absolute atomic E-state index is 0.0391. The molecule has 1 aliphatic rings. The van der Waals surface area contributed by atoms with Crippen LogP contribution < -0.4 is 5.32 Å². The number of sulfonamides is 1. The number of halogens is 1. The molecular formula is C20H21ClN2O5S. The van der Waals surface area contributed by atoms with Crippen molar-refractivity contribution in [3.05, 3.63) is 59.1 Å². The van der Waals surface area contributed by atoms with Crippen molar-refractivity contribution in [2.45, 2.75) is 24.2 Å². The third-order valence-corrected chi connectivity index (χ3v) is 6.60. The number of carbonyl (C=O) groups is 2. The molecule has 1 heterocycles. The van der Waals surface area contributed by atoms with E-state index in [2.05, 4.69) is 5.32 Å². The molecule has 154 valence electrons. The van der Waals surface area contributed by atoms with Crippen LogP contribution in [0.3, 0.4) is 0 Å². The van der Waals surface area contributed by atoms with Crippen LogP contribution in [0.2, 0.25) is 5.02 Å². The zero-order valence-electron chi connectivity index (χ0n) is 15.6. The molecule has 1 amide bonds. The van der Waals surface area contributed by atoms with Crippen LogP contribution in [-0.4, -0.2) is 44.3 Å². The lowest BCUT2D eigenvalue weighted by atomic mass is 10.2. The lowest BCUT2D eigenvalue weighted by molar-refractivity contribution is -0.119. The van der Waals surface area contributed by atoms with Crippen molar-refractivity contribution in [1.82, 2.24) is 4.31 Å². The van der Waals surface area contributed by atoms with Crippen LogP contribution in [0.1, 0.15) is 29.6 Å². The smallest absolute Gasteiger partial charge is 0.338 e. The van der Waals surface area contributed by atoms with Crippen LogP contribution in [0.4, 0.5) is 5.69 Å². The minimum atomic E-state index is -3.66. The Hall–Kier alpha value is -2.42. The van der Waals surface area contributed by atoms with E-state index in [1.54, 1.807) is 24.3 Å². The second kappa shape index (κ2) is 9.39. The number of nitrogens with zero attached hydrogens (tertiary/aromatic N) is 1. The van der Waals surface area contributed by atoms with E-state index in [1.807, 2.05) is 0 Å². The Morgan fingerprint density at radius 2 is 1.76 bits per heavy atom. The maximum absolute atomic E-state index is 12.8. The molecular weight excluding hydrogens is 416 g/mol. The normalized spacial score (nSPS) is 14.9. The highest BCUT2D eigenvalue weighted by atomic mass is 35.5. The highest BCUT2D eigenvalue weighted by molar-refractivity contribution is 7.89. The summed E-state index contributed by atoms with van der Waals surface area (Å²) in [6, 6.07) is 12.2. The van der Waals surface area contributed by atoms with Gasteiger partial charge in [0.2, 0.25) is 10.0 Å². The summed E-state index contributed by atoms with van der Waals surface area (Å²) in [5, 5.41) is 3.03. The van der Waals surface area contributed by atoms with Gasteiger partial charge >= 0.3 is 5.97 Å². The largest absolute Gasteiger partial charge is 0.452 e. The van der Waals surface area contributed by atoms with Gasteiger partial charge in [0.1, 0.15) is 0 Å². The Morgan fingerprint density at radius 3 is 2.48 bits per heavy atom. The molecule has 2 aromatic carbocycles. The van der Waals surface area contributed by atoms with Gasteiger partial charge in [0.05, 0.1) is 10.5 Å². The van der Waals surface area contributed by atoms with Gasteiger partial charge in [-0.25, -0.2) is 13.2 Å². The first-order chi connectivity index (χ1) is 13.9. The summed E-state index contributed by atoms with van der Waals surface area (Å²) in [6.07, 6.45) is 2.65. The number of rotatable bonds is 6. The molecule has 0 saturated carbocycles. The van der Waals surface area contributed by atoms with Crippen LogP contribution in [0.25, 0.3) is 0 Å². The lowest BCUT2D eigenvalue weighted by Crippen LogP contribution is -2.35. The standard InChI is InChI=1S/C20H21ClN2O5S/c21-16-7-5-8-17(13-16)22-19(24)14-28-20(25)15-6-4-9-18(12-15)29(26,27)23-10-2-1-3-11-23/h4-9,12-13H,1-3,10-11,14H2,(H,22,24). The van der Waals surface area contributed by atoms with Gasteiger partial charge in [-0.15, -0.1) is 0 Å². The molecule has 0 radical (unpaired) electrons. The maximum atomic E-state index is 12.8. The molecule has 1 saturated heterocycles. The number of carbonyl (C=O) groups excluding carboxylic acids is 2. The van der Waals surface area contributed by atoms with Gasteiger partial charge in [-0.3, -0.25) is 4.79 Å². The van der Waals surface area contributed by atoms with Gasteiger partial charge in [0.25, 0.3) is 5.91 Å². The summed E-state index contributed by atoms with van der Waals surface area (Å²) in [6.45, 7) is 0.440. The highest BCUT2D eigenvalue weighted by Gasteiger charge is 2.26. The lowest BCUT2D eigenvalue weighted by Gasteiger charge is -2.25. The van der Waals surface area contributed by atoms with E-state index in [9.17, 15) is 18.0 Å². The Kier molecular flexibility index (Phi) is 6.89. The fourth-order valence-electron chi connectivity index (χ4n) is 3.02. The van der Waals surface area contributed by atoms with Crippen LogP contribution in [0.5, 0.6) is 0 Å². The van der Waals surface area contributed by atoms with Crippen molar-refractivity contribution in [2.75, 3.05) is 25.0 Å². The summed E-state index contributed by atoms with van der Waals surface area (Å²) in [4.78, 5) is 24.3. The highest BCUT2D eigenvalue weighted by Crippen LogP contribution is 2.21. The quantitative estimate of drug-likeness (QED) is 0.701. The van der Waals surface area contributed by atoms with E-state index >= 15 is 0 Å². The molecule has 1 aliphatic heterocycles. The number of hydrogen-bond acceptors (Lipinski definition) is 5. The zero-order valence-corrected chi connectivity index (χ0v) is 17.2. The first-order valence-electron chi connectivity index (χ1n) is 9.19. The van der Waals surface area contributed by atoms with Gasteiger partial charge in [-0.05, 0) is 49.2 Å². The summed E-state index contributed by atoms with van der Waals surface area (Å²) in [7, 11) is -3.66. The van der Waals surface area contributed by atoms with E-state index in [4.69, 9.17) is 16.3 Å².